The fourth-order valence-electron chi connectivity index (χ4n) is 0.486. The van der Waals surface area contributed by atoms with E-state index in [4.69, 9.17) is 5.11 Å². The van der Waals surface area contributed by atoms with Gasteiger partial charge < -0.3 is 9.90 Å². The Morgan fingerprint density at radius 3 is 2.33 bits per heavy atom. The summed E-state index contributed by atoms with van der Waals surface area (Å²) in [4.78, 5) is 10.2. The molecular formula is C6H13NaO2. The van der Waals surface area contributed by atoms with Crippen molar-refractivity contribution in [1.82, 2.24) is 0 Å². The molecule has 0 spiro atoms. The van der Waals surface area contributed by atoms with Crippen LogP contribution in [0, 0.1) is 0 Å². The first kappa shape index (κ1) is 12.3. The molecule has 3 heteroatoms. The van der Waals surface area contributed by atoms with Crippen molar-refractivity contribution >= 4 is 35.3 Å². The molecule has 0 unspecified atom stereocenters. The van der Waals surface area contributed by atoms with Crippen LogP contribution in [0.25, 0.3) is 0 Å². The van der Waals surface area contributed by atoms with Crippen molar-refractivity contribution in [2.45, 2.75) is 26.2 Å². The Balaban J connectivity index is 0. The Morgan fingerprint density at radius 2 is 2.00 bits per heavy atom. The SMILES string of the molecule is CC(=O)CCCCO.[NaH]. The van der Waals surface area contributed by atoms with Gasteiger partial charge in [0, 0.05) is 13.0 Å². The topological polar surface area (TPSA) is 37.3 Å². The quantitative estimate of drug-likeness (QED) is 0.444. The maximum atomic E-state index is 10.2. The molecule has 0 aromatic heterocycles. The van der Waals surface area contributed by atoms with E-state index in [2.05, 4.69) is 0 Å². The van der Waals surface area contributed by atoms with E-state index in [0.717, 1.165) is 12.8 Å². The Labute approximate surface area is 77.9 Å². The molecule has 9 heavy (non-hydrogen) atoms. The number of carbonyl (C=O) groups excluding carboxylic acids is 1. The molecule has 50 valence electrons. The number of aliphatic hydroxyl groups excluding tert-OH is 1. The predicted molar refractivity (Wildman–Crippen MR) is 38.8 cm³/mol. The Morgan fingerprint density at radius 1 is 1.44 bits per heavy atom. The zero-order valence-corrected chi connectivity index (χ0v) is 5.18. The second-order valence-electron chi connectivity index (χ2n) is 1.88. The summed E-state index contributed by atoms with van der Waals surface area (Å²) in [5, 5.41) is 8.27. The normalized spacial score (nSPS) is 8.22. The van der Waals surface area contributed by atoms with Gasteiger partial charge in [-0.1, -0.05) is 0 Å². The summed E-state index contributed by atoms with van der Waals surface area (Å²) in [6.07, 6.45) is 2.19. The van der Waals surface area contributed by atoms with Crippen LogP contribution in [0.3, 0.4) is 0 Å². The molecule has 0 fully saturated rings. The molecular weight excluding hydrogens is 127 g/mol. The zero-order chi connectivity index (χ0) is 6.41. The van der Waals surface area contributed by atoms with Gasteiger partial charge >= 0.3 is 29.6 Å². The first-order valence-corrected chi connectivity index (χ1v) is 2.87. The number of hydrogen-bond acceptors (Lipinski definition) is 2. The predicted octanol–water partition coefficient (Wildman–Crippen LogP) is 0.0895. The van der Waals surface area contributed by atoms with Crippen LogP contribution in [0.1, 0.15) is 26.2 Å². The van der Waals surface area contributed by atoms with Crippen molar-refractivity contribution in [3.05, 3.63) is 0 Å². The molecule has 0 saturated heterocycles. The van der Waals surface area contributed by atoms with Gasteiger partial charge in [0.05, 0.1) is 0 Å². The van der Waals surface area contributed by atoms with Crippen molar-refractivity contribution in [2.75, 3.05) is 6.61 Å². The third-order valence-corrected chi connectivity index (χ3v) is 0.937. The molecule has 0 aliphatic carbocycles. The minimum atomic E-state index is 0. The van der Waals surface area contributed by atoms with E-state index < -0.39 is 0 Å². The van der Waals surface area contributed by atoms with Crippen LogP contribution >= 0.6 is 0 Å². The van der Waals surface area contributed by atoms with Crippen LogP contribution < -0.4 is 0 Å². The van der Waals surface area contributed by atoms with Gasteiger partial charge in [-0.3, -0.25) is 0 Å². The van der Waals surface area contributed by atoms with Crippen molar-refractivity contribution in [3.8, 4) is 0 Å². The molecule has 1 N–H and O–H groups in total. The van der Waals surface area contributed by atoms with Crippen LogP contribution in [0.5, 0.6) is 0 Å². The van der Waals surface area contributed by atoms with Crippen LogP contribution in [0.4, 0.5) is 0 Å². The second kappa shape index (κ2) is 8.63. The molecule has 0 aromatic rings. The second-order valence-corrected chi connectivity index (χ2v) is 1.88. The van der Waals surface area contributed by atoms with Gasteiger partial charge in [0.1, 0.15) is 5.78 Å². The van der Waals surface area contributed by atoms with Crippen LogP contribution in [-0.2, 0) is 4.79 Å². The van der Waals surface area contributed by atoms with Crippen molar-refractivity contribution in [1.29, 1.82) is 0 Å². The van der Waals surface area contributed by atoms with Gasteiger partial charge in [-0.2, -0.15) is 0 Å². The monoisotopic (exact) mass is 140 g/mol. The summed E-state index contributed by atoms with van der Waals surface area (Å²) in [5.41, 5.74) is 0. The summed E-state index contributed by atoms with van der Waals surface area (Å²) in [7, 11) is 0. The van der Waals surface area contributed by atoms with Crippen LogP contribution in [0.15, 0.2) is 0 Å². The van der Waals surface area contributed by atoms with Crippen LogP contribution in [-0.4, -0.2) is 47.1 Å². The average molecular weight is 140 g/mol. The third-order valence-electron chi connectivity index (χ3n) is 0.937. The summed E-state index contributed by atoms with van der Waals surface area (Å²) in [5.74, 6) is 0.207. The number of hydrogen-bond donors (Lipinski definition) is 1. The van der Waals surface area contributed by atoms with E-state index in [9.17, 15) is 4.79 Å². The van der Waals surface area contributed by atoms with Crippen LogP contribution in [0.2, 0.25) is 0 Å². The standard InChI is InChI=1S/C6H12O2.Na.H/c1-6(8)4-2-3-5-7;;/h7H,2-5H2,1H3;;. The number of rotatable bonds is 4. The molecule has 0 amide bonds. The van der Waals surface area contributed by atoms with Gasteiger partial charge in [0.25, 0.3) is 0 Å². The fourth-order valence-corrected chi connectivity index (χ4v) is 0.486. The molecule has 0 heterocycles. The molecule has 0 aliphatic rings. The van der Waals surface area contributed by atoms with E-state index in [1.54, 1.807) is 6.92 Å². The van der Waals surface area contributed by atoms with Gasteiger partial charge in [-0.25, -0.2) is 0 Å². The molecule has 0 aromatic carbocycles. The Kier molecular flexibility index (Phi) is 11.8. The molecule has 0 bridgehead atoms. The number of Topliss-reactive ketones (excluding diaryl/α,β-unsaturated/α-hetero) is 1. The molecule has 0 saturated carbocycles. The number of aliphatic hydroxyl groups is 1. The van der Waals surface area contributed by atoms with Gasteiger partial charge in [0.15, 0.2) is 0 Å². The number of ketones is 1. The van der Waals surface area contributed by atoms with E-state index in [1.165, 1.54) is 0 Å². The Bertz CT molecular complexity index is 73.5. The van der Waals surface area contributed by atoms with E-state index in [1.807, 2.05) is 0 Å². The number of carbonyl (C=O) groups is 1. The summed E-state index contributed by atoms with van der Waals surface area (Å²) in [6.45, 7) is 1.77. The van der Waals surface area contributed by atoms with E-state index in [-0.39, 0.29) is 41.9 Å². The maximum absolute atomic E-state index is 10.2. The first-order chi connectivity index (χ1) is 3.77. The summed E-state index contributed by atoms with van der Waals surface area (Å²) >= 11 is 0. The van der Waals surface area contributed by atoms with Crippen molar-refractivity contribution in [2.24, 2.45) is 0 Å². The Hall–Kier alpha value is 0.630. The molecule has 0 rings (SSSR count). The van der Waals surface area contributed by atoms with Crippen molar-refractivity contribution < 1.29 is 9.90 Å². The fraction of sp³-hybridized carbons (Fsp3) is 0.833. The van der Waals surface area contributed by atoms with Gasteiger partial charge in [0.2, 0.25) is 0 Å². The molecule has 0 aliphatic heterocycles. The zero-order valence-electron chi connectivity index (χ0n) is 5.18. The third kappa shape index (κ3) is 12.0. The average Bonchev–Trinajstić information content (AvgIpc) is 1.66. The van der Waals surface area contributed by atoms with E-state index in [0.29, 0.717) is 6.42 Å². The molecule has 0 radical (unpaired) electrons. The molecule has 2 nitrogen and oxygen atoms in total. The van der Waals surface area contributed by atoms with E-state index >= 15 is 0 Å². The van der Waals surface area contributed by atoms with Crippen molar-refractivity contribution in [3.63, 3.8) is 0 Å². The van der Waals surface area contributed by atoms with Gasteiger partial charge in [-0.05, 0) is 19.8 Å². The summed E-state index contributed by atoms with van der Waals surface area (Å²) in [6, 6.07) is 0. The molecule has 0 atom stereocenters. The van der Waals surface area contributed by atoms with Gasteiger partial charge in [-0.15, -0.1) is 0 Å². The minimum absolute atomic E-state index is 0. The number of unbranched alkanes of at least 4 members (excludes halogenated alkanes) is 1. The summed E-state index contributed by atoms with van der Waals surface area (Å²) < 4.78 is 0. The first-order valence-electron chi connectivity index (χ1n) is 2.87.